The largest absolute Gasteiger partial charge is 0.452 e. The number of hydrogen-bond donors (Lipinski definition) is 1. The van der Waals surface area contributed by atoms with Gasteiger partial charge in [0.1, 0.15) is 0 Å². The standard InChI is InChI=1S/C15H20N2O5/c1-4-12(5-2)16-14(18)9-22-15(19)11-7-6-10(3)13(8-11)17(20)21/h6-8,12H,4-5,9H2,1-3H3,(H,16,18). The Balaban J connectivity index is 2.64. The molecule has 0 bridgehead atoms. The average Bonchev–Trinajstić information content (AvgIpc) is 2.50. The van der Waals surface area contributed by atoms with Crippen molar-refractivity contribution in [3.63, 3.8) is 0 Å². The fourth-order valence-electron chi connectivity index (χ4n) is 1.91. The number of nitro benzene ring substituents is 1. The van der Waals surface area contributed by atoms with E-state index in [9.17, 15) is 19.7 Å². The first-order valence-electron chi connectivity index (χ1n) is 7.10. The first-order chi connectivity index (χ1) is 10.4. The lowest BCUT2D eigenvalue weighted by molar-refractivity contribution is -0.385. The molecule has 0 atom stereocenters. The summed E-state index contributed by atoms with van der Waals surface area (Å²) < 4.78 is 4.88. The van der Waals surface area contributed by atoms with Gasteiger partial charge in [-0.15, -0.1) is 0 Å². The van der Waals surface area contributed by atoms with Crippen molar-refractivity contribution in [2.45, 2.75) is 39.7 Å². The number of nitro groups is 1. The molecule has 0 aromatic heterocycles. The van der Waals surface area contributed by atoms with Crippen molar-refractivity contribution in [1.29, 1.82) is 0 Å². The number of hydrogen-bond acceptors (Lipinski definition) is 5. The van der Waals surface area contributed by atoms with Crippen LogP contribution in [0.5, 0.6) is 0 Å². The number of rotatable bonds is 7. The quantitative estimate of drug-likeness (QED) is 0.473. The number of nitrogens with one attached hydrogen (secondary N) is 1. The van der Waals surface area contributed by atoms with Gasteiger partial charge in [-0.2, -0.15) is 0 Å². The minimum atomic E-state index is -0.761. The van der Waals surface area contributed by atoms with E-state index in [1.165, 1.54) is 12.1 Å². The number of carbonyl (C=O) groups is 2. The molecule has 1 amide bonds. The zero-order chi connectivity index (χ0) is 16.7. The molecule has 0 spiro atoms. The van der Waals surface area contributed by atoms with E-state index >= 15 is 0 Å². The number of nitrogens with zero attached hydrogens (tertiary/aromatic N) is 1. The summed E-state index contributed by atoms with van der Waals surface area (Å²) in [6.07, 6.45) is 1.58. The predicted molar refractivity (Wildman–Crippen MR) is 80.6 cm³/mol. The second-order valence-electron chi connectivity index (χ2n) is 4.92. The molecule has 22 heavy (non-hydrogen) atoms. The van der Waals surface area contributed by atoms with E-state index < -0.39 is 17.5 Å². The Kier molecular flexibility index (Phi) is 6.49. The molecule has 0 fully saturated rings. The van der Waals surface area contributed by atoms with Crippen molar-refractivity contribution >= 4 is 17.6 Å². The van der Waals surface area contributed by atoms with Gasteiger partial charge in [-0.05, 0) is 25.8 Å². The smallest absolute Gasteiger partial charge is 0.338 e. The fourth-order valence-corrected chi connectivity index (χ4v) is 1.91. The lowest BCUT2D eigenvalue weighted by Gasteiger charge is -2.14. The second kappa shape index (κ2) is 8.11. The predicted octanol–water partition coefficient (Wildman–Crippen LogP) is 2.36. The topological polar surface area (TPSA) is 98.5 Å². The van der Waals surface area contributed by atoms with Crippen molar-refractivity contribution in [2.75, 3.05) is 6.61 Å². The van der Waals surface area contributed by atoms with Gasteiger partial charge in [0.05, 0.1) is 10.5 Å². The number of amides is 1. The lowest BCUT2D eigenvalue weighted by Crippen LogP contribution is -2.36. The number of benzene rings is 1. The molecule has 120 valence electrons. The van der Waals surface area contributed by atoms with Gasteiger partial charge in [-0.1, -0.05) is 19.9 Å². The molecule has 1 N–H and O–H groups in total. The average molecular weight is 308 g/mol. The lowest BCUT2D eigenvalue weighted by atomic mass is 10.1. The zero-order valence-corrected chi connectivity index (χ0v) is 12.9. The van der Waals surface area contributed by atoms with Crippen molar-refractivity contribution in [2.24, 2.45) is 0 Å². The van der Waals surface area contributed by atoms with E-state index in [1.54, 1.807) is 6.92 Å². The monoisotopic (exact) mass is 308 g/mol. The summed E-state index contributed by atoms with van der Waals surface area (Å²) in [5.41, 5.74) is 0.344. The summed E-state index contributed by atoms with van der Waals surface area (Å²) in [4.78, 5) is 33.8. The van der Waals surface area contributed by atoms with Crippen LogP contribution in [-0.2, 0) is 9.53 Å². The maximum atomic E-state index is 11.8. The number of aryl methyl sites for hydroxylation is 1. The molecule has 0 aliphatic heterocycles. The Morgan fingerprint density at radius 3 is 2.50 bits per heavy atom. The minimum absolute atomic E-state index is 0.0478. The summed E-state index contributed by atoms with van der Waals surface area (Å²) in [5.74, 6) is -1.15. The fraction of sp³-hybridized carbons (Fsp3) is 0.467. The summed E-state index contributed by atoms with van der Waals surface area (Å²) in [6, 6.07) is 4.10. The first kappa shape index (κ1) is 17.6. The van der Waals surface area contributed by atoms with Crippen LogP contribution in [0, 0.1) is 17.0 Å². The van der Waals surface area contributed by atoms with Crippen LogP contribution < -0.4 is 5.32 Å². The molecule has 1 aromatic carbocycles. The molecule has 0 aliphatic carbocycles. The highest BCUT2D eigenvalue weighted by molar-refractivity contribution is 5.92. The van der Waals surface area contributed by atoms with Gasteiger partial charge in [0.2, 0.25) is 0 Å². The molecule has 7 heteroatoms. The van der Waals surface area contributed by atoms with Gasteiger partial charge in [0.25, 0.3) is 11.6 Å². The molecular formula is C15H20N2O5. The van der Waals surface area contributed by atoms with E-state index in [0.717, 1.165) is 18.9 Å². The molecule has 0 radical (unpaired) electrons. The van der Waals surface area contributed by atoms with Gasteiger partial charge in [-0.25, -0.2) is 4.79 Å². The van der Waals surface area contributed by atoms with E-state index in [-0.39, 0.29) is 23.2 Å². The number of esters is 1. The summed E-state index contributed by atoms with van der Waals surface area (Å²) in [6.45, 7) is 5.07. The molecular weight excluding hydrogens is 288 g/mol. The molecule has 0 saturated carbocycles. The van der Waals surface area contributed by atoms with Gasteiger partial charge < -0.3 is 10.1 Å². The maximum Gasteiger partial charge on any atom is 0.338 e. The van der Waals surface area contributed by atoms with Gasteiger partial charge in [0.15, 0.2) is 6.61 Å². The number of carbonyl (C=O) groups excluding carboxylic acids is 2. The molecule has 1 aromatic rings. The van der Waals surface area contributed by atoms with Crippen LogP contribution >= 0.6 is 0 Å². The zero-order valence-electron chi connectivity index (χ0n) is 12.9. The van der Waals surface area contributed by atoms with Crippen LogP contribution in [0.25, 0.3) is 0 Å². The highest BCUT2D eigenvalue weighted by atomic mass is 16.6. The first-order valence-corrected chi connectivity index (χ1v) is 7.10. The third kappa shape index (κ3) is 4.83. The van der Waals surface area contributed by atoms with Crippen LogP contribution in [0.15, 0.2) is 18.2 Å². The molecule has 0 heterocycles. The molecule has 0 unspecified atom stereocenters. The van der Waals surface area contributed by atoms with Crippen molar-refractivity contribution < 1.29 is 19.2 Å². The Bertz CT molecular complexity index is 567. The minimum Gasteiger partial charge on any atom is -0.452 e. The van der Waals surface area contributed by atoms with Crippen LogP contribution in [0.1, 0.15) is 42.6 Å². The molecule has 7 nitrogen and oxygen atoms in total. The van der Waals surface area contributed by atoms with Crippen LogP contribution in [0.4, 0.5) is 5.69 Å². The Morgan fingerprint density at radius 1 is 1.32 bits per heavy atom. The van der Waals surface area contributed by atoms with Crippen LogP contribution in [0.3, 0.4) is 0 Å². The Morgan fingerprint density at radius 2 is 1.95 bits per heavy atom. The van der Waals surface area contributed by atoms with E-state index in [0.29, 0.717) is 5.56 Å². The van der Waals surface area contributed by atoms with Crippen molar-refractivity contribution in [3.8, 4) is 0 Å². The normalized spacial score (nSPS) is 10.4. The number of ether oxygens (including phenoxy) is 1. The van der Waals surface area contributed by atoms with Crippen molar-refractivity contribution in [3.05, 3.63) is 39.4 Å². The van der Waals surface area contributed by atoms with E-state index in [4.69, 9.17) is 4.74 Å². The summed E-state index contributed by atoms with van der Waals surface area (Å²) in [7, 11) is 0. The molecule has 0 aliphatic rings. The SMILES string of the molecule is CCC(CC)NC(=O)COC(=O)c1ccc(C)c([N+](=O)[O-])c1. The van der Waals surface area contributed by atoms with Gasteiger partial charge in [0, 0.05) is 17.7 Å². The third-order valence-corrected chi connectivity index (χ3v) is 3.33. The van der Waals surface area contributed by atoms with E-state index in [2.05, 4.69) is 5.32 Å². The molecule has 1 rings (SSSR count). The Labute approximate surface area is 128 Å². The summed E-state index contributed by atoms with van der Waals surface area (Å²) >= 11 is 0. The summed E-state index contributed by atoms with van der Waals surface area (Å²) in [5, 5.41) is 13.6. The maximum absolute atomic E-state index is 11.8. The van der Waals surface area contributed by atoms with E-state index in [1.807, 2.05) is 13.8 Å². The second-order valence-corrected chi connectivity index (χ2v) is 4.92. The van der Waals surface area contributed by atoms with Gasteiger partial charge >= 0.3 is 5.97 Å². The third-order valence-electron chi connectivity index (χ3n) is 3.33. The van der Waals surface area contributed by atoms with Crippen LogP contribution in [-0.4, -0.2) is 29.4 Å². The molecule has 0 saturated heterocycles. The van der Waals surface area contributed by atoms with Crippen LogP contribution in [0.2, 0.25) is 0 Å². The Hall–Kier alpha value is -2.44. The van der Waals surface area contributed by atoms with Crippen molar-refractivity contribution in [1.82, 2.24) is 5.32 Å². The van der Waals surface area contributed by atoms with Gasteiger partial charge in [-0.3, -0.25) is 14.9 Å². The highest BCUT2D eigenvalue weighted by Gasteiger charge is 2.17. The highest BCUT2D eigenvalue weighted by Crippen LogP contribution is 2.19.